The minimum atomic E-state index is -3.55. The topological polar surface area (TPSA) is 77.9 Å². The van der Waals surface area contributed by atoms with Crippen molar-refractivity contribution >= 4 is 16.2 Å². The SMILES string of the molecule is O=C(O)C1CCCN1S(=O)(=O)N1CCCC1. The second kappa shape index (κ2) is 4.31. The standard InChI is InChI=1S/C9H16N2O4S/c12-9(13)8-4-3-7-11(8)16(14,15)10-5-1-2-6-10/h8H,1-7H2,(H,12,13). The van der Waals surface area contributed by atoms with E-state index in [1.165, 1.54) is 4.31 Å². The molecule has 0 radical (unpaired) electrons. The summed E-state index contributed by atoms with van der Waals surface area (Å²) in [6, 6.07) is -0.870. The molecule has 0 aliphatic carbocycles. The molecule has 92 valence electrons. The fourth-order valence-corrected chi connectivity index (χ4v) is 4.22. The van der Waals surface area contributed by atoms with Gasteiger partial charge in [0.15, 0.2) is 0 Å². The fourth-order valence-electron chi connectivity index (χ4n) is 2.33. The van der Waals surface area contributed by atoms with Crippen molar-refractivity contribution in [3.8, 4) is 0 Å². The zero-order chi connectivity index (χ0) is 11.8. The van der Waals surface area contributed by atoms with Crippen LogP contribution < -0.4 is 0 Å². The first-order chi connectivity index (χ1) is 7.53. The smallest absolute Gasteiger partial charge is 0.322 e. The van der Waals surface area contributed by atoms with Crippen LogP contribution in [0.4, 0.5) is 0 Å². The highest BCUT2D eigenvalue weighted by atomic mass is 32.2. The van der Waals surface area contributed by atoms with Gasteiger partial charge in [0.25, 0.3) is 10.2 Å². The molecular formula is C9H16N2O4S. The van der Waals surface area contributed by atoms with Crippen molar-refractivity contribution in [3.05, 3.63) is 0 Å². The maximum atomic E-state index is 12.1. The molecule has 2 heterocycles. The molecule has 2 aliphatic rings. The van der Waals surface area contributed by atoms with E-state index in [1.54, 1.807) is 0 Å². The number of nitrogens with zero attached hydrogens (tertiary/aromatic N) is 2. The maximum Gasteiger partial charge on any atom is 0.322 e. The monoisotopic (exact) mass is 248 g/mol. The summed E-state index contributed by atoms with van der Waals surface area (Å²) in [6.07, 6.45) is 2.78. The van der Waals surface area contributed by atoms with Gasteiger partial charge in [-0.15, -0.1) is 0 Å². The van der Waals surface area contributed by atoms with Crippen LogP contribution in [-0.4, -0.2) is 53.8 Å². The first kappa shape index (κ1) is 11.8. The third-order valence-corrected chi connectivity index (χ3v) is 5.22. The van der Waals surface area contributed by atoms with Crippen LogP contribution in [0.25, 0.3) is 0 Å². The van der Waals surface area contributed by atoms with Crippen molar-refractivity contribution in [1.29, 1.82) is 0 Å². The van der Waals surface area contributed by atoms with Gasteiger partial charge >= 0.3 is 5.97 Å². The van der Waals surface area contributed by atoms with Crippen molar-refractivity contribution in [2.24, 2.45) is 0 Å². The molecule has 0 amide bonds. The summed E-state index contributed by atoms with van der Waals surface area (Å²) in [5.74, 6) is -1.04. The third-order valence-electron chi connectivity index (χ3n) is 3.18. The zero-order valence-electron chi connectivity index (χ0n) is 9.00. The lowest BCUT2D eigenvalue weighted by Crippen LogP contribution is -2.47. The highest BCUT2D eigenvalue weighted by molar-refractivity contribution is 7.86. The Bertz CT molecular complexity index is 375. The van der Waals surface area contributed by atoms with E-state index in [1.807, 2.05) is 0 Å². The molecule has 0 spiro atoms. The van der Waals surface area contributed by atoms with Crippen LogP contribution >= 0.6 is 0 Å². The number of aliphatic carboxylic acids is 1. The van der Waals surface area contributed by atoms with Crippen molar-refractivity contribution in [3.63, 3.8) is 0 Å². The van der Waals surface area contributed by atoms with Gasteiger partial charge < -0.3 is 5.11 Å². The first-order valence-electron chi connectivity index (χ1n) is 5.53. The Labute approximate surface area is 95.0 Å². The molecule has 0 aromatic carbocycles. The summed E-state index contributed by atoms with van der Waals surface area (Å²) in [7, 11) is -3.55. The first-order valence-corrected chi connectivity index (χ1v) is 6.93. The number of carbonyl (C=O) groups is 1. The van der Waals surface area contributed by atoms with Gasteiger partial charge in [-0.2, -0.15) is 17.0 Å². The normalized spacial score (nSPS) is 28.6. The van der Waals surface area contributed by atoms with Crippen LogP contribution in [0.15, 0.2) is 0 Å². The fraction of sp³-hybridized carbons (Fsp3) is 0.889. The molecule has 0 saturated carbocycles. The summed E-state index contributed by atoms with van der Waals surface area (Å²) in [5, 5.41) is 8.97. The molecule has 2 fully saturated rings. The summed E-state index contributed by atoms with van der Waals surface area (Å²) in [4.78, 5) is 10.9. The summed E-state index contributed by atoms with van der Waals surface area (Å²) >= 11 is 0. The highest BCUT2D eigenvalue weighted by Crippen LogP contribution is 2.25. The molecule has 1 atom stereocenters. The number of hydrogen-bond acceptors (Lipinski definition) is 3. The third kappa shape index (κ3) is 1.94. The van der Waals surface area contributed by atoms with Gasteiger partial charge in [0.05, 0.1) is 0 Å². The molecule has 0 bridgehead atoms. The van der Waals surface area contributed by atoms with Crippen LogP contribution in [0, 0.1) is 0 Å². The quantitative estimate of drug-likeness (QED) is 0.755. The summed E-state index contributed by atoms with van der Waals surface area (Å²) < 4.78 is 26.8. The predicted octanol–water partition coefficient (Wildman–Crippen LogP) is -0.124. The Hall–Kier alpha value is -0.660. The molecule has 2 rings (SSSR count). The lowest BCUT2D eigenvalue weighted by Gasteiger charge is -2.26. The molecule has 2 saturated heterocycles. The van der Waals surface area contributed by atoms with E-state index in [0.717, 1.165) is 17.1 Å². The van der Waals surface area contributed by atoms with E-state index in [-0.39, 0.29) is 0 Å². The molecule has 1 unspecified atom stereocenters. The van der Waals surface area contributed by atoms with Crippen LogP contribution in [0.2, 0.25) is 0 Å². The van der Waals surface area contributed by atoms with Gasteiger partial charge in [-0.3, -0.25) is 4.79 Å². The van der Waals surface area contributed by atoms with Gasteiger partial charge in [0.1, 0.15) is 6.04 Å². The Kier molecular flexibility index (Phi) is 3.18. The van der Waals surface area contributed by atoms with Gasteiger partial charge in [0, 0.05) is 19.6 Å². The van der Waals surface area contributed by atoms with Gasteiger partial charge in [-0.1, -0.05) is 0 Å². The maximum absolute atomic E-state index is 12.1. The number of carboxylic acid groups (broad SMARTS) is 1. The second-order valence-electron chi connectivity index (χ2n) is 4.22. The minimum absolute atomic E-state index is 0.329. The molecule has 2 aliphatic heterocycles. The van der Waals surface area contributed by atoms with Crippen molar-refractivity contribution in [2.45, 2.75) is 31.7 Å². The molecule has 7 heteroatoms. The van der Waals surface area contributed by atoms with Gasteiger partial charge in [0.2, 0.25) is 0 Å². The lowest BCUT2D eigenvalue weighted by molar-refractivity contribution is -0.140. The number of rotatable bonds is 3. The molecule has 16 heavy (non-hydrogen) atoms. The number of hydrogen-bond donors (Lipinski definition) is 1. The number of carboxylic acids is 1. The van der Waals surface area contributed by atoms with Crippen molar-refractivity contribution in [1.82, 2.24) is 8.61 Å². The minimum Gasteiger partial charge on any atom is -0.480 e. The van der Waals surface area contributed by atoms with E-state index in [9.17, 15) is 13.2 Å². The Balaban J connectivity index is 2.19. The molecule has 0 aromatic rings. The second-order valence-corrected chi connectivity index (χ2v) is 6.10. The molecule has 6 nitrogen and oxygen atoms in total. The van der Waals surface area contributed by atoms with Crippen LogP contribution in [0.5, 0.6) is 0 Å². The predicted molar refractivity (Wildman–Crippen MR) is 57.1 cm³/mol. The average molecular weight is 248 g/mol. The summed E-state index contributed by atoms with van der Waals surface area (Å²) in [5.41, 5.74) is 0. The van der Waals surface area contributed by atoms with Crippen molar-refractivity contribution in [2.75, 3.05) is 19.6 Å². The van der Waals surface area contributed by atoms with E-state index in [4.69, 9.17) is 5.11 Å². The van der Waals surface area contributed by atoms with Crippen molar-refractivity contribution < 1.29 is 18.3 Å². The average Bonchev–Trinajstić information content (AvgIpc) is 2.89. The zero-order valence-corrected chi connectivity index (χ0v) is 9.82. The molecule has 1 N–H and O–H groups in total. The summed E-state index contributed by atoms with van der Waals surface area (Å²) in [6.45, 7) is 1.37. The van der Waals surface area contributed by atoms with Crippen LogP contribution in [0.3, 0.4) is 0 Å². The van der Waals surface area contributed by atoms with E-state index in [0.29, 0.717) is 32.5 Å². The van der Waals surface area contributed by atoms with E-state index >= 15 is 0 Å². The largest absolute Gasteiger partial charge is 0.480 e. The Morgan fingerprint density at radius 1 is 1.12 bits per heavy atom. The molecular weight excluding hydrogens is 232 g/mol. The highest BCUT2D eigenvalue weighted by Gasteiger charge is 2.42. The molecule has 0 aromatic heterocycles. The van der Waals surface area contributed by atoms with Crippen LogP contribution in [0.1, 0.15) is 25.7 Å². The van der Waals surface area contributed by atoms with E-state index in [2.05, 4.69) is 0 Å². The van der Waals surface area contributed by atoms with Crippen LogP contribution in [-0.2, 0) is 15.0 Å². The van der Waals surface area contributed by atoms with E-state index < -0.39 is 22.2 Å². The lowest BCUT2D eigenvalue weighted by atomic mass is 10.2. The Morgan fingerprint density at radius 2 is 1.75 bits per heavy atom. The van der Waals surface area contributed by atoms with Gasteiger partial charge in [-0.25, -0.2) is 0 Å². The van der Waals surface area contributed by atoms with Gasteiger partial charge in [-0.05, 0) is 25.7 Å². The Morgan fingerprint density at radius 3 is 2.31 bits per heavy atom.